The van der Waals surface area contributed by atoms with E-state index >= 15 is 0 Å². The standard InChI is InChI=1S/C14H13Cl2FN2O3/c15-9-2-1-8(3-10(9)17)22-4-11(20)18-14-5-13(6-14,7-14)12(16)19-21/h1-3,21H,4-7H2,(H,18,20)/b19-12-. The second-order valence-electron chi connectivity index (χ2n) is 5.89. The second-order valence-corrected chi connectivity index (χ2v) is 6.66. The van der Waals surface area contributed by atoms with Crippen LogP contribution in [-0.4, -0.2) is 28.4 Å². The molecule has 0 heterocycles. The molecule has 22 heavy (non-hydrogen) atoms. The fourth-order valence-electron chi connectivity index (χ4n) is 3.29. The normalized spacial score (nSPS) is 29.3. The molecule has 0 unspecified atom stereocenters. The van der Waals surface area contributed by atoms with Gasteiger partial charge in [0.15, 0.2) is 11.8 Å². The molecule has 0 spiro atoms. The van der Waals surface area contributed by atoms with Gasteiger partial charge in [0.2, 0.25) is 0 Å². The fourth-order valence-corrected chi connectivity index (χ4v) is 3.61. The van der Waals surface area contributed by atoms with Crippen molar-refractivity contribution < 1.29 is 19.1 Å². The quantitative estimate of drug-likeness (QED) is 0.489. The minimum absolute atomic E-state index is 0.00149. The zero-order chi connectivity index (χ0) is 16.0. The zero-order valence-corrected chi connectivity index (χ0v) is 12.9. The number of rotatable bonds is 5. The summed E-state index contributed by atoms with van der Waals surface area (Å²) in [5, 5.41) is 14.8. The molecule has 3 saturated carbocycles. The van der Waals surface area contributed by atoms with E-state index in [1.807, 2.05) is 0 Å². The topological polar surface area (TPSA) is 70.9 Å². The molecule has 0 saturated heterocycles. The molecule has 0 atom stereocenters. The number of benzene rings is 1. The molecule has 0 aliphatic heterocycles. The number of carbonyl (C=O) groups excluding carboxylic acids is 1. The van der Waals surface area contributed by atoms with Crippen molar-refractivity contribution in [1.29, 1.82) is 0 Å². The first-order valence-electron chi connectivity index (χ1n) is 6.65. The highest BCUT2D eigenvalue weighted by Gasteiger charge is 2.70. The van der Waals surface area contributed by atoms with Crippen molar-refractivity contribution in [2.45, 2.75) is 24.8 Å². The summed E-state index contributed by atoms with van der Waals surface area (Å²) in [6, 6.07) is 3.99. The lowest BCUT2D eigenvalue weighted by molar-refractivity contribution is -0.142. The summed E-state index contributed by atoms with van der Waals surface area (Å²) >= 11 is 11.4. The molecule has 8 heteroatoms. The molecular formula is C14H13Cl2FN2O3. The maximum atomic E-state index is 13.2. The van der Waals surface area contributed by atoms with Gasteiger partial charge in [0.1, 0.15) is 11.6 Å². The highest BCUT2D eigenvalue weighted by Crippen LogP contribution is 2.68. The third kappa shape index (κ3) is 2.50. The van der Waals surface area contributed by atoms with Gasteiger partial charge in [-0.2, -0.15) is 0 Å². The van der Waals surface area contributed by atoms with Gasteiger partial charge in [0.25, 0.3) is 5.91 Å². The average molecular weight is 347 g/mol. The lowest BCUT2D eigenvalue weighted by Crippen LogP contribution is -2.76. The van der Waals surface area contributed by atoms with Crippen molar-refractivity contribution in [3.05, 3.63) is 29.0 Å². The third-order valence-electron chi connectivity index (χ3n) is 4.22. The van der Waals surface area contributed by atoms with Crippen LogP contribution < -0.4 is 10.1 Å². The van der Waals surface area contributed by atoms with E-state index in [-0.39, 0.29) is 39.4 Å². The summed E-state index contributed by atoms with van der Waals surface area (Å²) in [6.45, 7) is -0.211. The Morgan fingerprint density at radius 3 is 2.73 bits per heavy atom. The summed E-state index contributed by atoms with van der Waals surface area (Å²) in [6.07, 6.45) is 1.97. The van der Waals surface area contributed by atoms with Gasteiger partial charge in [0.05, 0.1) is 5.02 Å². The molecule has 3 aliphatic carbocycles. The number of amides is 1. The Labute approximate surface area is 136 Å². The Kier molecular flexibility index (Phi) is 3.69. The first-order chi connectivity index (χ1) is 10.4. The van der Waals surface area contributed by atoms with Gasteiger partial charge in [-0.25, -0.2) is 4.39 Å². The molecule has 1 aromatic carbocycles. The van der Waals surface area contributed by atoms with E-state index in [9.17, 15) is 9.18 Å². The van der Waals surface area contributed by atoms with Crippen molar-refractivity contribution in [2.75, 3.05) is 6.61 Å². The molecule has 3 fully saturated rings. The molecule has 5 nitrogen and oxygen atoms in total. The van der Waals surface area contributed by atoms with Gasteiger partial charge in [-0.3, -0.25) is 4.79 Å². The Morgan fingerprint density at radius 1 is 1.45 bits per heavy atom. The SMILES string of the molecule is O=C(COc1ccc(Cl)c(F)c1)NC12CC(/C(Cl)=N/O)(C1)C2. The summed E-state index contributed by atoms with van der Waals surface area (Å²) in [5.74, 6) is -0.652. The van der Waals surface area contributed by atoms with Crippen molar-refractivity contribution in [3.63, 3.8) is 0 Å². The zero-order valence-electron chi connectivity index (χ0n) is 11.4. The third-order valence-corrected chi connectivity index (χ3v) is 5.00. The summed E-state index contributed by atoms with van der Waals surface area (Å²) in [4.78, 5) is 11.9. The molecule has 0 radical (unpaired) electrons. The van der Waals surface area contributed by atoms with E-state index in [2.05, 4.69) is 10.5 Å². The smallest absolute Gasteiger partial charge is 0.258 e. The van der Waals surface area contributed by atoms with E-state index in [0.29, 0.717) is 19.3 Å². The number of hydrogen-bond acceptors (Lipinski definition) is 4. The number of nitrogens with one attached hydrogen (secondary N) is 1. The molecular weight excluding hydrogens is 334 g/mol. The van der Waals surface area contributed by atoms with Gasteiger partial charge in [-0.15, -0.1) is 0 Å². The molecule has 1 aromatic rings. The first kappa shape index (κ1) is 15.4. The molecule has 1 amide bonds. The van der Waals surface area contributed by atoms with Crippen LogP contribution in [0.4, 0.5) is 4.39 Å². The fraction of sp³-hybridized carbons (Fsp3) is 0.429. The van der Waals surface area contributed by atoms with Gasteiger partial charge in [0, 0.05) is 17.0 Å². The van der Waals surface area contributed by atoms with Crippen LogP contribution in [0.15, 0.2) is 23.4 Å². The highest BCUT2D eigenvalue weighted by molar-refractivity contribution is 6.66. The van der Waals surface area contributed by atoms with Gasteiger partial charge >= 0.3 is 0 Å². The predicted octanol–water partition coefficient (Wildman–Crippen LogP) is 2.92. The van der Waals surface area contributed by atoms with Crippen LogP contribution in [0.3, 0.4) is 0 Å². The maximum absolute atomic E-state index is 13.2. The predicted molar refractivity (Wildman–Crippen MR) is 79.1 cm³/mol. The number of halogens is 3. The van der Waals surface area contributed by atoms with Crippen molar-refractivity contribution in [2.24, 2.45) is 10.6 Å². The molecule has 3 aliphatic rings. The number of oxime groups is 1. The summed E-state index contributed by atoms with van der Waals surface area (Å²) in [7, 11) is 0. The monoisotopic (exact) mass is 346 g/mol. The number of hydrogen-bond donors (Lipinski definition) is 2. The average Bonchev–Trinajstić information content (AvgIpc) is 2.41. The van der Waals surface area contributed by atoms with Crippen LogP contribution in [0, 0.1) is 11.2 Å². The molecule has 2 bridgehead atoms. The van der Waals surface area contributed by atoms with Crippen LogP contribution in [0.2, 0.25) is 5.02 Å². The molecule has 118 valence electrons. The number of nitrogens with zero attached hydrogens (tertiary/aromatic N) is 1. The summed E-state index contributed by atoms with van der Waals surface area (Å²) in [5.41, 5.74) is -0.555. The lowest BCUT2D eigenvalue weighted by atomic mass is 9.39. The van der Waals surface area contributed by atoms with Gasteiger partial charge in [-0.1, -0.05) is 28.4 Å². The van der Waals surface area contributed by atoms with E-state index in [1.165, 1.54) is 12.1 Å². The Morgan fingerprint density at radius 2 is 2.14 bits per heavy atom. The first-order valence-corrected chi connectivity index (χ1v) is 7.41. The van der Waals surface area contributed by atoms with Crippen LogP contribution in [0.5, 0.6) is 5.75 Å². The Bertz CT molecular complexity index is 646. The second kappa shape index (κ2) is 5.28. The minimum atomic E-state index is -0.598. The van der Waals surface area contributed by atoms with Gasteiger partial charge < -0.3 is 15.3 Å². The minimum Gasteiger partial charge on any atom is -0.484 e. The van der Waals surface area contributed by atoms with Crippen molar-refractivity contribution in [3.8, 4) is 5.75 Å². The maximum Gasteiger partial charge on any atom is 0.258 e. The van der Waals surface area contributed by atoms with Gasteiger partial charge in [-0.05, 0) is 31.4 Å². The van der Waals surface area contributed by atoms with Crippen LogP contribution in [0.25, 0.3) is 0 Å². The largest absolute Gasteiger partial charge is 0.484 e. The molecule has 4 rings (SSSR count). The summed E-state index contributed by atoms with van der Waals surface area (Å²) < 4.78 is 18.5. The Balaban J connectivity index is 1.48. The van der Waals surface area contributed by atoms with Crippen LogP contribution in [-0.2, 0) is 4.79 Å². The van der Waals surface area contributed by atoms with Crippen LogP contribution in [0.1, 0.15) is 19.3 Å². The van der Waals surface area contributed by atoms with Crippen molar-refractivity contribution in [1.82, 2.24) is 5.32 Å². The van der Waals surface area contributed by atoms with E-state index < -0.39 is 5.82 Å². The van der Waals surface area contributed by atoms with E-state index in [4.69, 9.17) is 33.1 Å². The van der Waals surface area contributed by atoms with Crippen LogP contribution >= 0.6 is 23.2 Å². The molecule has 0 aromatic heterocycles. The lowest BCUT2D eigenvalue weighted by Gasteiger charge is -2.69. The highest BCUT2D eigenvalue weighted by atomic mass is 35.5. The number of carbonyl (C=O) groups is 1. The molecule has 2 N–H and O–H groups in total. The van der Waals surface area contributed by atoms with E-state index in [1.54, 1.807) is 0 Å². The van der Waals surface area contributed by atoms with Crippen molar-refractivity contribution >= 4 is 34.3 Å². The Hall–Kier alpha value is -1.53. The van der Waals surface area contributed by atoms with E-state index in [0.717, 1.165) is 6.07 Å². The number of ether oxygens (including phenoxy) is 1.